The van der Waals surface area contributed by atoms with E-state index in [0.29, 0.717) is 5.56 Å². The lowest BCUT2D eigenvalue weighted by Gasteiger charge is -2.21. The summed E-state index contributed by atoms with van der Waals surface area (Å²) in [4.78, 5) is 7.30. The normalized spacial score (nSPS) is 16.8. The van der Waals surface area contributed by atoms with Crippen molar-refractivity contribution in [2.75, 3.05) is 18.0 Å². The molecule has 0 spiro atoms. The molecule has 0 aliphatic carbocycles. The van der Waals surface area contributed by atoms with Gasteiger partial charge in [-0.25, -0.2) is 4.98 Å². The fourth-order valence-corrected chi connectivity index (χ4v) is 5.11. The summed E-state index contributed by atoms with van der Waals surface area (Å²) in [5, 5.41) is 9.11. The van der Waals surface area contributed by atoms with Crippen molar-refractivity contribution in [3.8, 4) is 34.4 Å². The van der Waals surface area contributed by atoms with E-state index in [1.54, 1.807) is 0 Å². The van der Waals surface area contributed by atoms with E-state index < -0.39 is 0 Å². The second-order valence-corrected chi connectivity index (χ2v) is 9.14. The van der Waals surface area contributed by atoms with Gasteiger partial charge < -0.3 is 9.47 Å². The number of imidazole rings is 1. The Morgan fingerprint density at radius 1 is 1.06 bits per heavy atom. The summed E-state index contributed by atoms with van der Waals surface area (Å²) in [7, 11) is 0. The van der Waals surface area contributed by atoms with E-state index in [0.717, 1.165) is 53.9 Å². The first-order chi connectivity index (χ1) is 15.6. The van der Waals surface area contributed by atoms with Gasteiger partial charge >= 0.3 is 0 Å². The van der Waals surface area contributed by atoms with Crippen LogP contribution in [0, 0.1) is 24.2 Å². The SMILES string of the molecule is Cc1cnc2n1-c1ccc(N3CC[C@H](C)C3)cc1Cn1cc(-c3ccc(C#N)cc3)cc1-2. The largest absolute Gasteiger partial charge is 0.371 e. The zero-order valence-corrected chi connectivity index (χ0v) is 18.4. The molecule has 4 heterocycles. The third-order valence-electron chi connectivity index (χ3n) is 6.84. The maximum absolute atomic E-state index is 9.11. The molecule has 5 nitrogen and oxygen atoms in total. The Hall–Kier alpha value is -3.78. The van der Waals surface area contributed by atoms with Gasteiger partial charge in [0.2, 0.25) is 0 Å². The highest BCUT2D eigenvalue weighted by atomic mass is 15.2. The van der Waals surface area contributed by atoms with Crippen LogP contribution in [0.2, 0.25) is 0 Å². The minimum absolute atomic E-state index is 0.679. The highest BCUT2D eigenvalue weighted by molar-refractivity contribution is 5.73. The number of aromatic nitrogens is 3. The summed E-state index contributed by atoms with van der Waals surface area (Å²) in [5.41, 5.74) is 9.03. The molecule has 5 heteroatoms. The van der Waals surface area contributed by atoms with Gasteiger partial charge in [0.1, 0.15) is 0 Å². The molecule has 6 rings (SSSR count). The fourth-order valence-electron chi connectivity index (χ4n) is 5.11. The first kappa shape index (κ1) is 18.9. The summed E-state index contributed by atoms with van der Waals surface area (Å²) in [5.74, 6) is 1.73. The molecule has 0 N–H and O–H groups in total. The monoisotopic (exact) mass is 419 g/mol. The number of rotatable bonds is 2. The minimum atomic E-state index is 0.679. The van der Waals surface area contributed by atoms with Gasteiger partial charge in [0.25, 0.3) is 0 Å². The highest BCUT2D eigenvalue weighted by Crippen LogP contribution is 2.37. The maximum Gasteiger partial charge on any atom is 0.161 e. The minimum Gasteiger partial charge on any atom is -0.371 e. The highest BCUT2D eigenvalue weighted by Gasteiger charge is 2.25. The number of fused-ring (bicyclic) bond motifs is 5. The molecule has 4 aromatic rings. The van der Waals surface area contributed by atoms with Gasteiger partial charge in [-0.2, -0.15) is 5.26 Å². The Bertz CT molecular complexity index is 1370. The van der Waals surface area contributed by atoms with E-state index in [2.05, 4.69) is 64.4 Å². The quantitative estimate of drug-likeness (QED) is 0.385. The summed E-state index contributed by atoms with van der Waals surface area (Å²) in [6.07, 6.45) is 5.43. The number of benzene rings is 2. The third kappa shape index (κ3) is 2.95. The van der Waals surface area contributed by atoms with Gasteiger partial charge in [0.15, 0.2) is 5.82 Å². The molecule has 0 bridgehead atoms. The summed E-state index contributed by atoms with van der Waals surface area (Å²) in [6, 6.07) is 19.1. The molecule has 1 fully saturated rings. The molecule has 2 aliphatic heterocycles. The summed E-state index contributed by atoms with van der Waals surface area (Å²) in [6.45, 7) is 7.53. The van der Waals surface area contributed by atoms with Crippen LogP contribution in [-0.4, -0.2) is 27.2 Å². The molecule has 158 valence electrons. The lowest BCUT2D eigenvalue weighted by molar-refractivity contribution is 0.659. The van der Waals surface area contributed by atoms with E-state index in [4.69, 9.17) is 10.2 Å². The van der Waals surface area contributed by atoms with Crippen LogP contribution in [0.25, 0.3) is 28.3 Å². The number of nitrogens with zero attached hydrogens (tertiary/aromatic N) is 5. The smallest absolute Gasteiger partial charge is 0.161 e. The van der Waals surface area contributed by atoms with Gasteiger partial charge in [0, 0.05) is 49.0 Å². The van der Waals surface area contributed by atoms with Crippen molar-refractivity contribution in [1.29, 1.82) is 5.26 Å². The van der Waals surface area contributed by atoms with Crippen molar-refractivity contribution in [2.45, 2.75) is 26.8 Å². The Morgan fingerprint density at radius 2 is 1.91 bits per heavy atom. The zero-order valence-electron chi connectivity index (χ0n) is 18.4. The van der Waals surface area contributed by atoms with Gasteiger partial charge in [0.05, 0.1) is 23.0 Å². The predicted molar refractivity (Wildman–Crippen MR) is 127 cm³/mol. The Kier molecular flexibility index (Phi) is 4.22. The first-order valence-electron chi connectivity index (χ1n) is 11.2. The molecule has 2 aliphatic rings. The lowest BCUT2D eigenvalue weighted by atomic mass is 10.1. The molecule has 2 aromatic heterocycles. The molecule has 2 aromatic carbocycles. The molecule has 0 saturated carbocycles. The van der Waals surface area contributed by atoms with E-state index in [9.17, 15) is 0 Å². The molecule has 1 saturated heterocycles. The van der Waals surface area contributed by atoms with Crippen molar-refractivity contribution in [2.24, 2.45) is 5.92 Å². The number of hydrogen-bond acceptors (Lipinski definition) is 3. The third-order valence-corrected chi connectivity index (χ3v) is 6.84. The molecule has 0 amide bonds. The van der Waals surface area contributed by atoms with E-state index >= 15 is 0 Å². The second-order valence-electron chi connectivity index (χ2n) is 9.14. The topological polar surface area (TPSA) is 49.8 Å². The van der Waals surface area contributed by atoms with Crippen LogP contribution < -0.4 is 4.90 Å². The van der Waals surface area contributed by atoms with E-state index in [1.165, 1.54) is 23.4 Å². The van der Waals surface area contributed by atoms with E-state index in [1.807, 2.05) is 30.5 Å². The van der Waals surface area contributed by atoms with Crippen molar-refractivity contribution < 1.29 is 0 Å². The molecule has 32 heavy (non-hydrogen) atoms. The van der Waals surface area contributed by atoms with Gasteiger partial charge in [-0.05, 0) is 66.8 Å². The van der Waals surface area contributed by atoms with Crippen LogP contribution in [0.15, 0.2) is 60.9 Å². The molecule has 1 atom stereocenters. The van der Waals surface area contributed by atoms with Crippen molar-refractivity contribution in [3.63, 3.8) is 0 Å². The van der Waals surface area contributed by atoms with Crippen molar-refractivity contribution in [3.05, 3.63) is 77.7 Å². The molecular formula is C27H25N5. The Morgan fingerprint density at radius 3 is 2.66 bits per heavy atom. The van der Waals surface area contributed by atoms with Crippen molar-refractivity contribution >= 4 is 5.69 Å². The maximum atomic E-state index is 9.11. The fraction of sp³-hybridized carbons (Fsp3) is 0.259. The van der Waals surface area contributed by atoms with Crippen LogP contribution >= 0.6 is 0 Å². The van der Waals surface area contributed by atoms with Gasteiger partial charge in [-0.1, -0.05) is 19.1 Å². The Balaban J connectivity index is 1.47. The second kappa shape index (κ2) is 7.13. The van der Waals surface area contributed by atoms with Gasteiger partial charge in [-0.15, -0.1) is 0 Å². The van der Waals surface area contributed by atoms with Crippen LogP contribution in [-0.2, 0) is 6.54 Å². The van der Waals surface area contributed by atoms with E-state index in [-0.39, 0.29) is 0 Å². The molecule has 0 unspecified atom stereocenters. The van der Waals surface area contributed by atoms with Crippen molar-refractivity contribution in [1.82, 2.24) is 14.1 Å². The lowest BCUT2D eigenvalue weighted by Crippen LogP contribution is -2.19. The Labute approximate surface area is 188 Å². The standard InChI is InChI=1S/C27H25N5/c1-18-9-10-30(15-18)24-7-8-25-23(11-24)17-31-16-22(21-5-3-20(13-28)4-6-21)12-26(31)27-29-14-19(2)32(25)27/h3-8,11-12,14,16,18H,9-10,15,17H2,1-2H3/t18-/m0/s1. The average molecular weight is 420 g/mol. The van der Waals surface area contributed by atoms with Crippen LogP contribution in [0.3, 0.4) is 0 Å². The number of hydrogen-bond donors (Lipinski definition) is 0. The molecule has 0 radical (unpaired) electrons. The zero-order chi connectivity index (χ0) is 21.8. The molecular weight excluding hydrogens is 394 g/mol. The van der Waals surface area contributed by atoms with Crippen LogP contribution in [0.1, 0.15) is 30.2 Å². The average Bonchev–Trinajstić information content (AvgIpc) is 3.51. The predicted octanol–water partition coefficient (Wildman–Crippen LogP) is 5.40. The van der Waals surface area contributed by atoms with Crippen LogP contribution in [0.5, 0.6) is 0 Å². The summed E-state index contributed by atoms with van der Waals surface area (Å²) < 4.78 is 4.60. The number of nitriles is 1. The van der Waals surface area contributed by atoms with Crippen LogP contribution in [0.4, 0.5) is 5.69 Å². The van der Waals surface area contributed by atoms with Gasteiger partial charge in [-0.3, -0.25) is 4.57 Å². The number of anilines is 1. The number of aryl methyl sites for hydroxylation is 1. The first-order valence-corrected chi connectivity index (χ1v) is 11.2. The summed E-state index contributed by atoms with van der Waals surface area (Å²) >= 11 is 0.